The maximum atomic E-state index is 6.08. The number of benzene rings is 1. The highest BCUT2D eigenvalue weighted by Gasteiger charge is 2.33. The molecule has 2 fully saturated rings. The quantitative estimate of drug-likeness (QED) is 0.769. The largest absolute Gasteiger partial charge is 0.340 e. The van der Waals surface area contributed by atoms with Crippen LogP contribution in [0, 0.1) is 0 Å². The molecule has 0 amide bonds. The van der Waals surface area contributed by atoms with E-state index in [-0.39, 0.29) is 6.04 Å². The standard InChI is InChI=1S/C16H16ClN5S/c17-10-5-6-11-12(8-10)19-15(18-11)13-2-1-7-22(13)16-20-14(21-23-16)9-3-4-9/h5-6,8-9,13H,1-4,7H2,(H,18,19). The number of nitrogens with one attached hydrogen (secondary N) is 1. The average molecular weight is 346 g/mol. The number of fused-ring (bicyclic) bond motifs is 1. The van der Waals surface area contributed by atoms with E-state index in [0.29, 0.717) is 5.92 Å². The summed E-state index contributed by atoms with van der Waals surface area (Å²) in [5.74, 6) is 2.64. The molecule has 1 atom stereocenters. The van der Waals surface area contributed by atoms with Crippen LogP contribution in [0.3, 0.4) is 0 Å². The van der Waals surface area contributed by atoms with Crippen molar-refractivity contribution in [3.63, 3.8) is 0 Å². The van der Waals surface area contributed by atoms with Crippen molar-refractivity contribution in [1.29, 1.82) is 0 Å². The van der Waals surface area contributed by atoms with Gasteiger partial charge in [-0.2, -0.15) is 4.37 Å². The molecule has 3 aromatic rings. The molecule has 1 aromatic carbocycles. The van der Waals surface area contributed by atoms with E-state index in [1.54, 1.807) is 0 Å². The van der Waals surface area contributed by atoms with Crippen LogP contribution >= 0.6 is 23.1 Å². The molecule has 0 spiro atoms. The van der Waals surface area contributed by atoms with Gasteiger partial charge in [-0.05, 0) is 43.9 Å². The van der Waals surface area contributed by atoms with E-state index >= 15 is 0 Å². The predicted molar refractivity (Wildman–Crippen MR) is 92.3 cm³/mol. The topological polar surface area (TPSA) is 57.7 Å². The van der Waals surface area contributed by atoms with Gasteiger partial charge in [0.2, 0.25) is 5.13 Å². The number of anilines is 1. The summed E-state index contributed by atoms with van der Waals surface area (Å²) in [5, 5.41) is 1.77. The van der Waals surface area contributed by atoms with E-state index in [2.05, 4.69) is 14.3 Å². The van der Waals surface area contributed by atoms with Gasteiger partial charge in [0.05, 0.1) is 17.1 Å². The Morgan fingerprint density at radius 1 is 1.22 bits per heavy atom. The lowest BCUT2D eigenvalue weighted by Gasteiger charge is -2.21. The SMILES string of the molecule is Clc1ccc2nc(C3CCCN3c3nc(C4CC4)ns3)[nH]c2c1. The van der Waals surface area contributed by atoms with Crippen LogP contribution in [0.4, 0.5) is 5.13 Å². The van der Waals surface area contributed by atoms with Gasteiger partial charge in [0.15, 0.2) is 0 Å². The lowest BCUT2D eigenvalue weighted by molar-refractivity contribution is 0.676. The zero-order chi connectivity index (χ0) is 15.4. The summed E-state index contributed by atoms with van der Waals surface area (Å²) >= 11 is 7.60. The van der Waals surface area contributed by atoms with Crippen LogP contribution in [0.15, 0.2) is 18.2 Å². The Kier molecular flexibility index (Phi) is 3.09. The summed E-state index contributed by atoms with van der Waals surface area (Å²) < 4.78 is 4.55. The summed E-state index contributed by atoms with van der Waals surface area (Å²) in [5.41, 5.74) is 1.96. The van der Waals surface area contributed by atoms with Gasteiger partial charge in [-0.1, -0.05) is 11.6 Å². The Labute approximate surface area is 142 Å². The number of hydrogen-bond donors (Lipinski definition) is 1. The maximum absolute atomic E-state index is 6.08. The summed E-state index contributed by atoms with van der Waals surface area (Å²) in [7, 11) is 0. The normalized spacial score (nSPS) is 21.4. The number of nitrogens with zero attached hydrogens (tertiary/aromatic N) is 4. The van der Waals surface area contributed by atoms with E-state index < -0.39 is 0 Å². The smallest absolute Gasteiger partial charge is 0.205 e. The zero-order valence-electron chi connectivity index (χ0n) is 12.5. The van der Waals surface area contributed by atoms with Crippen molar-refractivity contribution in [2.75, 3.05) is 11.4 Å². The van der Waals surface area contributed by atoms with E-state index in [4.69, 9.17) is 21.6 Å². The van der Waals surface area contributed by atoms with Crippen LogP contribution in [-0.4, -0.2) is 25.9 Å². The molecule has 1 aliphatic carbocycles. The molecule has 0 radical (unpaired) electrons. The van der Waals surface area contributed by atoms with Crippen LogP contribution in [0.5, 0.6) is 0 Å². The molecule has 7 heteroatoms. The van der Waals surface area contributed by atoms with E-state index in [1.807, 2.05) is 18.2 Å². The number of hydrogen-bond acceptors (Lipinski definition) is 5. The first-order chi connectivity index (χ1) is 11.3. The molecule has 0 bridgehead atoms. The first-order valence-electron chi connectivity index (χ1n) is 8.03. The molecule has 1 unspecified atom stereocenters. The number of rotatable bonds is 3. The highest BCUT2D eigenvalue weighted by atomic mass is 35.5. The summed E-state index contributed by atoms with van der Waals surface area (Å²) in [6.45, 7) is 1.02. The number of H-pyrrole nitrogens is 1. The summed E-state index contributed by atoms with van der Waals surface area (Å²) in [4.78, 5) is 15.3. The molecule has 2 aromatic heterocycles. The molecule has 3 heterocycles. The Morgan fingerprint density at radius 2 is 2.13 bits per heavy atom. The van der Waals surface area contributed by atoms with E-state index in [1.165, 1.54) is 24.4 Å². The molecule has 2 aliphatic rings. The molecule has 1 aliphatic heterocycles. The fraction of sp³-hybridized carbons (Fsp3) is 0.438. The van der Waals surface area contributed by atoms with E-state index in [9.17, 15) is 0 Å². The Balaban J connectivity index is 1.49. The molecule has 1 saturated carbocycles. The molecular weight excluding hydrogens is 330 g/mol. The molecule has 5 rings (SSSR count). The second-order valence-corrected chi connectivity index (χ2v) is 7.51. The van der Waals surface area contributed by atoms with Crippen molar-refractivity contribution >= 4 is 39.3 Å². The first kappa shape index (κ1) is 13.7. The van der Waals surface area contributed by atoms with Crippen molar-refractivity contribution in [1.82, 2.24) is 19.3 Å². The molecule has 23 heavy (non-hydrogen) atoms. The highest BCUT2D eigenvalue weighted by Crippen LogP contribution is 2.42. The van der Waals surface area contributed by atoms with Crippen LogP contribution in [0.2, 0.25) is 5.02 Å². The lowest BCUT2D eigenvalue weighted by Crippen LogP contribution is -2.23. The molecule has 1 saturated heterocycles. The second-order valence-electron chi connectivity index (χ2n) is 6.34. The molecule has 5 nitrogen and oxygen atoms in total. The first-order valence-corrected chi connectivity index (χ1v) is 9.18. The van der Waals surface area contributed by atoms with Gasteiger partial charge in [0, 0.05) is 29.0 Å². The minimum absolute atomic E-state index is 0.251. The van der Waals surface area contributed by atoms with Crippen LogP contribution in [0.1, 0.15) is 49.3 Å². The van der Waals surface area contributed by atoms with Crippen molar-refractivity contribution in [2.45, 2.75) is 37.6 Å². The second kappa shape index (κ2) is 5.18. The third kappa shape index (κ3) is 2.40. The highest BCUT2D eigenvalue weighted by molar-refractivity contribution is 7.09. The monoisotopic (exact) mass is 345 g/mol. The van der Waals surface area contributed by atoms with Gasteiger partial charge in [-0.25, -0.2) is 9.97 Å². The number of imidazole rings is 1. The fourth-order valence-electron chi connectivity index (χ4n) is 3.29. The van der Waals surface area contributed by atoms with Gasteiger partial charge in [0.1, 0.15) is 11.6 Å². The van der Waals surface area contributed by atoms with Crippen LogP contribution in [0.25, 0.3) is 11.0 Å². The van der Waals surface area contributed by atoms with Crippen molar-refractivity contribution in [2.24, 2.45) is 0 Å². The van der Waals surface area contributed by atoms with Crippen molar-refractivity contribution in [3.8, 4) is 0 Å². The van der Waals surface area contributed by atoms with Gasteiger partial charge < -0.3 is 9.88 Å². The minimum atomic E-state index is 0.251. The van der Waals surface area contributed by atoms with Gasteiger partial charge >= 0.3 is 0 Å². The number of halogens is 1. The lowest BCUT2D eigenvalue weighted by atomic mass is 10.2. The predicted octanol–water partition coefficient (Wildman–Crippen LogP) is 4.29. The van der Waals surface area contributed by atoms with Crippen LogP contribution in [-0.2, 0) is 0 Å². The third-order valence-electron chi connectivity index (χ3n) is 4.65. The summed E-state index contributed by atoms with van der Waals surface area (Å²) in [6.07, 6.45) is 4.72. The van der Waals surface area contributed by atoms with Crippen molar-refractivity contribution < 1.29 is 0 Å². The number of aromatic nitrogens is 4. The van der Waals surface area contributed by atoms with Gasteiger partial charge in [0.25, 0.3) is 0 Å². The van der Waals surface area contributed by atoms with Gasteiger partial charge in [-0.3, -0.25) is 0 Å². The Hall–Kier alpha value is -1.66. The van der Waals surface area contributed by atoms with Gasteiger partial charge in [-0.15, -0.1) is 0 Å². The molecule has 1 N–H and O–H groups in total. The fourth-order valence-corrected chi connectivity index (χ4v) is 4.28. The minimum Gasteiger partial charge on any atom is -0.340 e. The van der Waals surface area contributed by atoms with Crippen molar-refractivity contribution in [3.05, 3.63) is 34.9 Å². The average Bonchev–Trinajstić information content (AvgIpc) is 2.99. The van der Waals surface area contributed by atoms with E-state index in [0.717, 1.165) is 52.2 Å². The maximum Gasteiger partial charge on any atom is 0.205 e. The Morgan fingerprint density at radius 3 is 3.00 bits per heavy atom. The molecular formula is C16H16ClN5S. The number of aromatic amines is 1. The van der Waals surface area contributed by atoms with Crippen LogP contribution < -0.4 is 4.90 Å². The third-order valence-corrected chi connectivity index (χ3v) is 5.65. The zero-order valence-corrected chi connectivity index (χ0v) is 14.1. The summed E-state index contributed by atoms with van der Waals surface area (Å²) in [6, 6.07) is 6.03. The Bertz CT molecular complexity index is 868. The molecule has 118 valence electrons.